The zero-order chi connectivity index (χ0) is 20.4. The lowest BCUT2D eigenvalue weighted by molar-refractivity contribution is 0.256. The summed E-state index contributed by atoms with van der Waals surface area (Å²) in [5, 5.41) is 3.98. The number of rotatable bonds is 9. The quantitative estimate of drug-likeness (QED) is 0.304. The Kier molecular flexibility index (Phi) is 10.0. The maximum atomic E-state index is 6.48. The fraction of sp³-hybridized carbons (Fsp3) is 0.500. The third-order valence-electron chi connectivity index (χ3n) is 5.08. The lowest BCUT2D eigenvalue weighted by Gasteiger charge is -2.22. The average molecular weight is 421 g/mol. The molecule has 0 bridgehead atoms. The number of fused-ring (bicyclic) bond motifs is 1. The van der Waals surface area contributed by atoms with Crippen LogP contribution in [-0.4, -0.2) is 29.6 Å². The number of nitrogens with zero attached hydrogens (tertiary/aromatic N) is 2. The summed E-state index contributed by atoms with van der Waals surface area (Å²) in [6.07, 6.45) is 7.32. The molecule has 2 nitrogen and oxygen atoms in total. The molecule has 0 radical (unpaired) electrons. The minimum absolute atomic E-state index is 0.695. The van der Waals surface area contributed by atoms with Gasteiger partial charge in [-0.3, -0.25) is 0 Å². The van der Waals surface area contributed by atoms with Gasteiger partial charge in [0.1, 0.15) is 10.3 Å². The van der Waals surface area contributed by atoms with Gasteiger partial charge >= 0.3 is 0 Å². The van der Waals surface area contributed by atoms with Crippen molar-refractivity contribution < 1.29 is 0 Å². The molecular weight excluding hydrogens is 387 g/mol. The van der Waals surface area contributed by atoms with Gasteiger partial charge in [0, 0.05) is 13.1 Å². The largest absolute Gasteiger partial charge is 0.342 e. The van der Waals surface area contributed by atoms with Crippen LogP contribution in [0.15, 0.2) is 52.8 Å². The molecule has 1 heterocycles. The number of hydrogen-bond acceptors (Lipinski definition) is 2. The molecule has 0 aliphatic carbocycles. The van der Waals surface area contributed by atoms with E-state index >= 15 is 0 Å². The highest BCUT2D eigenvalue weighted by molar-refractivity contribution is 6.38. The zero-order valence-electron chi connectivity index (χ0n) is 17.6. The summed E-state index contributed by atoms with van der Waals surface area (Å²) in [5.74, 6) is 0. The van der Waals surface area contributed by atoms with Crippen molar-refractivity contribution in [1.29, 1.82) is 0 Å². The molecule has 2 aromatic carbocycles. The van der Waals surface area contributed by atoms with Gasteiger partial charge in [-0.1, -0.05) is 112 Å². The summed E-state index contributed by atoms with van der Waals surface area (Å²) in [6.45, 7) is 8.93. The Balaban J connectivity index is 0.00000136. The maximum absolute atomic E-state index is 6.48. The van der Waals surface area contributed by atoms with Crippen molar-refractivity contribution in [3.63, 3.8) is 0 Å². The lowest BCUT2D eigenvalue weighted by atomic mass is 10.1. The molecule has 2 aromatic rings. The van der Waals surface area contributed by atoms with Crippen LogP contribution < -0.4 is 0 Å². The van der Waals surface area contributed by atoms with Gasteiger partial charge in [-0.05, 0) is 29.2 Å². The van der Waals surface area contributed by atoms with Crippen LogP contribution in [0.3, 0.4) is 0 Å². The minimum atomic E-state index is 0.695. The van der Waals surface area contributed by atoms with Gasteiger partial charge in [0.2, 0.25) is 0 Å². The molecule has 3 rings (SSSR count). The minimum Gasteiger partial charge on any atom is -0.342 e. The second-order valence-electron chi connectivity index (χ2n) is 7.10. The van der Waals surface area contributed by atoms with E-state index in [1.807, 2.05) is 13.8 Å². The predicted octanol–water partition coefficient (Wildman–Crippen LogP) is 7.56. The van der Waals surface area contributed by atoms with E-state index < -0.39 is 0 Å². The summed E-state index contributed by atoms with van der Waals surface area (Å²) >= 11 is 12.9. The zero-order valence-corrected chi connectivity index (χ0v) is 19.1. The van der Waals surface area contributed by atoms with Crippen LogP contribution in [0.1, 0.15) is 58.4 Å². The van der Waals surface area contributed by atoms with E-state index in [0.717, 1.165) is 26.2 Å². The highest BCUT2D eigenvalue weighted by atomic mass is 35.5. The Morgan fingerprint density at radius 2 is 1.43 bits per heavy atom. The van der Waals surface area contributed by atoms with Gasteiger partial charge in [-0.25, -0.2) is 0 Å². The third kappa shape index (κ3) is 6.32. The molecule has 1 aliphatic heterocycles. The fourth-order valence-electron chi connectivity index (χ4n) is 3.49. The van der Waals surface area contributed by atoms with Crippen molar-refractivity contribution in [1.82, 2.24) is 9.80 Å². The van der Waals surface area contributed by atoms with Crippen LogP contribution in [0.4, 0.5) is 0 Å². The van der Waals surface area contributed by atoms with Crippen LogP contribution in [0.2, 0.25) is 0 Å². The molecule has 154 valence electrons. The van der Waals surface area contributed by atoms with Gasteiger partial charge in [0.05, 0.1) is 6.67 Å². The molecular formula is C24H34Cl2N2. The first-order valence-corrected chi connectivity index (χ1v) is 11.5. The number of unbranched alkanes of at least 4 members (excludes halogenated alkanes) is 4. The van der Waals surface area contributed by atoms with E-state index in [4.69, 9.17) is 23.2 Å². The first-order valence-electron chi connectivity index (χ1n) is 10.7. The molecule has 0 aromatic heterocycles. The second-order valence-corrected chi connectivity index (χ2v) is 7.81. The molecule has 0 saturated heterocycles. The first-order chi connectivity index (χ1) is 13.7. The molecule has 1 aliphatic rings. The van der Waals surface area contributed by atoms with Crippen molar-refractivity contribution >= 4 is 34.0 Å². The van der Waals surface area contributed by atoms with E-state index in [1.165, 1.54) is 48.4 Å². The predicted molar refractivity (Wildman–Crippen MR) is 125 cm³/mol. The second kappa shape index (κ2) is 12.2. The average Bonchev–Trinajstić information content (AvgIpc) is 3.01. The molecule has 0 amide bonds. The van der Waals surface area contributed by atoms with Crippen LogP contribution in [0.25, 0.3) is 10.8 Å². The maximum Gasteiger partial charge on any atom is 0.141 e. The standard InChI is InChI=1S/C22H28Cl2N2.C2H6/c1-2-3-4-5-8-14-25-17-26(22(24)21(25)23)15-13-18-11-12-19-9-6-7-10-20(19)16-18;1-2/h6-7,9-12,16H,2-5,8,13-15,17H2,1H3;1-2H3. The number of hydrogen-bond donors (Lipinski definition) is 0. The summed E-state index contributed by atoms with van der Waals surface area (Å²) in [7, 11) is 0. The topological polar surface area (TPSA) is 6.48 Å². The van der Waals surface area contributed by atoms with Crippen LogP contribution in [-0.2, 0) is 6.42 Å². The summed E-state index contributed by atoms with van der Waals surface area (Å²) in [6, 6.07) is 15.2. The summed E-state index contributed by atoms with van der Waals surface area (Å²) in [4.78, 5) is 4.39. The van der Waals surface area contributed by atoms with Crippen molar-refractivity contribution in [2.24, 2.45) is 0 Å². The highest BCUT2D eigenvalue weighted by Crippen LogP contribution is 2.30. The molecule has 0 atom stereocenters. The molecule has 0 spiro atoms. The monoisotopic (exact) mass is 420 g/mol. The SMILES string of the molecule is CC.CCCCCCCN1CN(CCc2ccc3ccccc3c2)C(Cl)=C1Cl. The van der Waals surface area contributed by atoms with E-state index in [1.54, 1.807) is 0 Å². The van der Waals surface area contributed by atoms with Crippen molar-refractivity contribution in [3.8, 4) is 0 Å². The van der Waals surface area contributed by atoms with Crippen LogP contribution >= 0.6 is 23.2 Å². The fourth-order valence-corrected chi connectivity index (χ4v) is 4.01. The highest BCUT2D eigenvalue weighted by Gasteiger charge is 2.25. The van der Waals surface area contributed by atoms with Gasteiger partial charge in [0.25, 0.3) is 0 Å². The van der Waals surface area contributed by atoms with Crippen molar-refractivity contribution in [3.05, 3.63) is 58.3 Å². The number of benzene rings is 2. The molecule has 0 fully saturated rings. The van der Waals surface area contributed by atoms with E-state index in [-0.39, 0.29) is 0 Å². The Bertz CT molecular complexity index is 757. The first kappa shape index (κ1) is 22.9. The van der Waals surface area contributed by atoms with Crippen LogP contribution in [0.5, 0.6) is 0 Å². The molecule has 4 heteroatoms. The Labute approximate surface area is 181 Å². The van der Waals surface area contributed by atoms with Crippen molar-refractivity contribution in [2.75, 3.05) is 19.8 Å². The normalized spacial score (nSPS) is 13.9. The van der Waals surface area contributed by atoms with E-state index in [2.05, 4.69) is 59.2 Å². The van der Waals surface area contributed by atoms with E-state index in [0.29, 0.717) is 10.3 Å². The Morgan fingerprint density at radius 3 is 2.14 bits per heavy atom. The summed E-state index contributed by atoms with van der Waals surface area (Å²) < 4.78 is 0. The Morgan fingerprint density at radius 1 is 0.786 bits per heavy atom. The smallest absolute Gasteiger partial charge is 0.141 e. The molecule has 0 unspecified atom stereocenters. The van der Waals surface area contributed by atoms with Gasteiger partial charge in [0.15, 0.2) is 0 Å². The lowest BCUT2D eigenvalue weighted by Crippen LogP contribution is -2.29. The van der Waals surface area contributed by atoms with Gasteiger partial charge in [-0.15, -0.1) is 0 Å². The Hall–Kier alpha value is -1.38. The molecule has 28 heavy (non-hydrogen) atoms. The summed E-state index contributed by atoms with van der Waals surface area (Å²) in [5.41, 5.74) is 1.34. The van der Waals surface area contributed by atoms with Crippen molar-refractivity contribution in [2.45, 2.75) is 59.3 Å². The molecule has 0 saturated carbocycles. The van der Waals surface area contributed by atoms with Gasteiger partial charge in [-0.2, -0.15) is 0 Å². The molecule has 0 N–H and O–H groups in total. The van der Waals surface area contributed by atoms with Crippen LogP contribution in [0, 0.1) is 0 Å². The van der Waals surface area contributed by atoms with E-state index in [9.17, 15) is 0 Å². The number of halogens is 2. The van der Waals surface area contributed by atoms with Gasteiger partial charge < -0.3 is 9.80 Å². The third-order valence-corrected chi connectivity index (χ3v) is 6.02.